The molecule has 0 saturated heterocycles. The van der Waals surface area contributed by atoms with E-state index < -0.39 is 5.97 Å². The van der Waals surface area contributed by atoms with Crippen molar-refractivity contribution in [3.05, 3.63) is 23.3 Å². The number of carboxylic acid groups (broad SMARTS) is 1. The van der Waals surface area contributed by atoms with Gasteiger partial charge in [0.2, 0.25) is 0 Å². The van der Waals surface area contributed by atoms with Crippen LogP contribution in [-0.4, -0.2) is 16.9 Å². The van der Waals surface area contributed by atoms with E-state index in [1.165, 1.54) is 24.5 Å². The van der Waals surface area contributed by atoms with Crippen molar-refractivity contribution < 1.29 is 14.7 Å². The molecule has 3 saturated carbocycles. The standard InChI is InChI=1S/C21H28O3/c1-20-10-4-3-5-13(20)6-8-15-16-9-7-14(11-18(23)24)21(16,2)12-17(22)19(15)20/h5,11,15-16,19H,3-4,6-10,12H2,1-2H3,(H,23,24)/t15-,16-,19+,20-,21+/m0/s1. The fourth-order valence-corrected chi connectivity index (χ4v) is 6.81. The molecule has 0 unspecified atom stereocenters. The third kappa shape index (κ3) is 2.09. The van der Waals surface area contributed by atoms with Crippen LogP contribution in [0.4, 0.5) is 0 Å². The van der Waals surface area contributed by atoms with Gasteiger partial charge in [-0.1, -0.05) is 31.1 Å². The predicted molar refractivity (Wildman–Crippen MR) is 92.4 cm³/mol. The highest BCUT2D eigenvalue weighted by Gasteiger charge is 2.60. The second kappa shape index (κ2) is 5.31. The average molecular weight is 328 g/mol. The average Bonchev–Trinajstić information content (AvgIpc) is 2.82. The van der Waals surface area contributed by atoms with Crippen LogP contribution < -0.4 is 0 Å². The molecule has 0 spiro atoms. The summed E-state index contributed by atoms with van der Waals surface area (Å²) in [5.74, 6) is 0.615. The zero-order valence-electron chi connectivity index (χ0n) is 14.8. The van der Waals surface area contributed by atoms with Crippen molar-refractivity contribution in [1.29, 1.82) is 0 Å². The van der Waals surface area contributed by atoms with Crippen molar-refractivity contribution in [3.63, 3.8) is 0 Å². The lowest BCUT2D eigenvalue weighted by Gasteiger charge is -2.56. The molecule has 1 N–H and O–H groups in total. The van der Waals surface area contributed by atoms with E-state index in [0.29, 0.717) is 24.0 Å². The third-order valence-electron chi connectivity index (χ3n) is 7.87. The normalized spacial score (nSPS) is 46.1. The van der Waals surface area contributed by atoms with Gasteiger partial charge in [-0.2, -0.15) is 0 Å². The Balaban J connectivity index is 1.74. The Bertz CT molecular complexity index is 658. The maximum atomic E-state index is 13.3. The fourth-order valence-electron chi connectivity index (χ4n) is 6.81. The van der Waals surface area contributed by atoms with Crippen LogP contribution in [0, 0.1) is 28.6 Å². The lowest BCUT2D eigenvalue weighted by Crippen LogP contribution is -2.53. The predicted octanol–water partition coefficient (Wildman–Crippen LogP) is 4.53. The topological polar surface area (TPSA) is 54.4 Å². The summed E-state index contributed by atoms with van der Waals surface area (Å²) in [4.78, 5) is 24.5. The maximum absolute atomic E-state index is 13.3. The summed E-state index contributed by atoms with van der Waals surface area (Å²) in [5.41, 5.74) is 2.38. The number of rotatable bonds is 1. The van der Waals surface area contributed by atoms with Gasteiger partial charge in [0.05, 0.1) is 0 Å². The molecule has 0 aromatic carbocycles. The van der Waals surface area contributed by atoms with Crippen LogP contribution in [0.25, 0.3) is 0 Å². The lowest BCUT2D eigenvalue weighted by molar-refractivity contribution is -0.142. The minimum Gasteiger partial charge on any atom is -0.478 e. The van der Waals surface area contributed by atoms with Gasteiger partial charge in [-0.3, -0.25) is 4.79 Å². The molecule has 0 aromatic rings. The number of Topliss-reactive ketones (excluding diaryl/α,β-unsaturated/α-hetero) is 1. The van der Waals surface area contributed by atoms with Gasteiger partial charge >= 0.3 is 5.97 Å². The summed E-state index contributed by atoms with van der Waals surface area (Å²) in [5, 5.41) is 9.20. The second-order valence-corrected chi connectivity index (χ2v) is 8.93. The largest absolute Gasteiger partial charge is 0.478 e. The molecule has 5 atom stereocenters. The Labute approximate surface area is 144 Å². The molecule has 0 heterocycles. The molecule has 3 nitrogen and oxygen atoms in total. The Morgan fingerprint density at radius 2 is 2.04 bits per heavy atom. The number of hydrogen-bond donors (Lipinski definition) is 1. The highest BCUT2D eigenvalue weighted by atomic mass is 16.4. The first-order valence-electron chi connectivity index (χ1n) is 9.52. The summed E-state index contributed by atoms with van der Waals surface area (Å²) >= 11 is 0. The van der Waals surface area contributed by atoms with Crippen molar-refractivity contribution in [1.82, 2.24) is 0 Å². The van der Waals surface area contributed by atoms with Crippen molar-refractivity contribution >= 4 is 11.8 Å². The molecule has 4 aliphatic carbocycles. The summed E-state index contributed by atoms with van der Waals surface area (Å²) < 4.78 is 0. The highest BCUT2D eigenvalue weighted by molar-refractivity contribution is 5.86. The molecule has 0 bridgehead atoms. The number of fused-ring (bicyclic) bond motifs is 5. The van der Waals surface area contributed by atoms with Crippen molar-refractivity contribution in [3.8, 4) is 0 Å². The SMILES string of the molecule is C[C@]12CCCC=C1CC[C@@H]1[C@@H]2C(=O)C[C@]2(C)C(=CC(=O)O)CC[C@@H]12. The first-order valence-corrected chi connectivity index (χ1v) is 9.52. The molecular weight excluding hydrogens is 300 g/mol. The quantitative estimate of drug-likeness (QED) is 0.568. The van der Waals surface area contributed by atoms with Crippen LogP contribution in [0.5, 0.6) is 0 Å². The van der Waals surface area contributed by atoms with Gasteiger partial charge in [0.1, 0.15) is 5.78 Å². The van der Waals surface area contributed by atoms with Crippen LogP contribution >= 0.6 is 0 Å². The number of carbonyl (C=O) groups is 2. The van der Waals surface area contributed by atoms with Crippen LogP contribution in [-0.2, 0) is 9.59 Å². The Morgan fingerprint density at radius 3 is 2.79 bits per heavy atom. The molecule has 0 radical (unpaired) electrons. The second-order valence-electron chi connectivity index (χ2n) is 8.93. The Hall–Kier alpha value is -1.38. The van der Waals surface area contributed by atoms with E-state index >= 15 is 0 Å². The van der Waals surface area contributed by atoms with Gasteiger partial charge in [-0.15, -0.1) is 0 Å². The monoisotopic (exact) mass is 328 g/mol. The third-order valence-corrected chi connectivity index (χ3v) is 7.87. The zero-order valence-corrected chi connectivity index (χ0v) is 14.8. The number of allylic oxidation sites excluding steroid dienone is 3. The lowest BCUT2D eigenvalue weighted by atomic mass is 9.47. The van der Waals surface area contributed by atoms with E-state index in [-0.39, 0.29) is 16.7 Å². The van der Waals surface area contributed by atoms with Crippen molar-refractivity contribution in [2.24, 2.45) is 28.6 Å². The molecular formula is C21H28O3. The molecule has 130 valence electrons. The van der Waals surface area contributed by atoms with E-state index in [0.717, 1.165) is 37.7 Å². The molecule has 24 heavy (non-hydrogen) atoms. The molecule has 3 fully saturated rings. The first-order chi connectivity index (χ1) is 11.4. The summed E-state index contributed by atoms with van der Waals surface area (Å²) in [6.45, 7) is 4.49. The van der Waals surface area contributed by atoms with Crippen LogP contribution in [0.1, 0.15) is 65.2 Å². The number of hydrogen-bond acceptors (Lipinski definition) is 2. The van der Waals surface area contributed by atoms with E-state index in [9.17, 15) is 14.7 Å². The molecule has 3 heteroatoms. The van der Waals surface area contributed by atoms with Gasteiger partial charge < -0.3 is 5.11 Å². The van der Waals surface area contributed by atoms with Gasteiger partial charge in [0, 0.05) is 18.4 Å². The molecule has 0 amide bonds. The molecule has 4 rings (SSSR count). The van der Waals surface area contributed by atoms with Crippen LogP contribution in [0.3, 0.4) is 0 Å². The number of ketones is 1. The molecule has 4 aliphatic rings. The minimum absolute atomic E-state index is 0.0683. The fraction of sp³-hybridized carbons (Fsp3) is 0.714. The van der Waals surface area contributed by atoms with Crippen LogP contribution in [0.2, 0.25) is 0 Å². The van der Waals surface area contributed by atoms with E-state index in [2.05, 4.69) is 19.9 Å². The van der Waals surface area contributed by atoms with E-state index in [4.69, 9.17) is 0 Å². The summed E-state index contributed by atoms with van der Waals surface area (Å²) in [7, 11) is 0. The minimum atomic E-state index is -0.866. The first kappa shape index (κ1) is 16.1. The Kier molecular flexibility index (Phi) is 3.56. The Morgan fingerprint density at radius 1 is 1.25 bits per heavy atom. The molecule has 0 aliphatic heterocycles. The summed E-state index contributed by atoms with van der Waals surface area (Å²) in [6.07, 6.45) is 12.0. The van der Waals surface area contributed by atoms with Gasteiger partial charge in [0.25, 0.3) is 0 Å². The number of aliphatic carboxylic acids is 1. The van der Waals surface area contributed by atoms with Crippen LogP contribution in [0.15, 0.2) is 23.3 Å². The van der Waals surface area contributed by atoms with Crippen molar-refractivity contribution in [2.45, 2.75) is 65.2 Å². The number of carboxylic acids is 1. The van der Waals surface area contributed by atoms with Crippen molar-refractivity contribution in [2.75, 3.05) is 0 Å². The maximum Gasteiger partial charge on any atom is 0.328 e. The smallest absolute Gasteiger partial charge is 0.328 e. The van der Waals surface area contributed by atoms with E-state index in [1.807, 2.05) is 0 Å². The van der Waals surface area contributed by atoms with E-state index in [1.54, 1.807) is 0 Å². The van der Waals surface area contributed by atoms with Gasteiger partial charge in [-0.05, 0) is 67.6 Å². The summed E-state index contributed by atoms with van der Waals surface area (Å²) in [6, 6.07) is 0. The van der Waals surface area contributed by atoms with Gasteiger partial charge in [-0.25, -0.2) is 4.79 Å². The number of carbonyl (C=O) groups excluding carboxylic acids is 1. The zero-order chi connectivity index (χ0) is 17.1. The molecule has 0 aromatic heterocycles. The highest BCUT2D eigenvalue weighted by Crippen LogP contribution is 2.65. The van der Waals surface area contributed by atoms with Gasteiger partial charge in [0.15, 0.2) is 0 Å².